The topological polar surface area (TPSA) is 22.2 Å². The molecule has 3 heteroatoms. The summed E-state index contributed by atoms with van der Waals surface area (Å²) < 4.78 is 4.67. The molecule has 0 spiro atoms. The molecule has 3 nitrogen and oxygen atoms in total. The minimum absolute atomic E-state index is 0.988. The SMILES string of the molecule is c1ccc(-n2c3ccccc3c3ccc(-c4ccc(-c5cnc6c7ccccc7c7ccccc7n56)cc4)cc32)cc1. The first kappa shape index (κ1) is 23.1. The molecule has 3 aromatic heterocycles. The second-order valence-corrected chi connectivity index (χ2v) is 10.9. The van der Waals surface area contributed by atoms with E-state index in [1.54, 1.807) is 0 Å². The molecule has 0 aliphatic carbocycles. The highest BCUT2D eigenvalue weighted by molar-refractivity contribution is 6.12. The summed E-state index contributed by atoms with van der Waals surface area (Å²) in [5.41, 5.74) is 10.4. The Balaban J connectivity index is 1.20. The molecule has 0 radical (unpaired) electrons. The summed E-state index contributed by atoms with van der Waals surface area (Å²) in [6, 6.07) is 52.2. The smallest absolute Gasteiger partial charge is 0.145 e. The Morgan fingerprint density at radius 3 is 1.76 bits per heavy atom. The van der Waals surface area contributed by atoms with Crippen LogP contribution >= 0.6 is 0 Å². The van der Waals surface area contributed by atoms with E-state index in [1.807, 2.05) is 6.20 Å². The molecule has 9 rings (SSSR count). The molecule has 0 N–H and O–H groups in total. The van der Waals surface area contributed by atoms with Crippen molar-refractivity contribution in [3.63, 3.8) is 0 Å². The monoisotopic (exact) mass is 535 g/mol. The van der Waals surface area contributed by atoms with E-state index in [-0.39, 0.29) is 0 Å². The van der Waals surface area contributed by atoms with Crippen LogP contribution in [-0.2, 0) is 0 Å². The number of pyridine rings is 1. The van der Waals surface area contributed by atoms with Crippen molar-refractivity contribution >= 4 is 49.1 Å². The Kier molecular flexibility index (Phi) is 4.90. The Morgan fingerprint density at radius 1 is 0.405 bits per heavy atom. The molecule has 0 atom stereocenters. The summed E-state index contributed by atoms with van der Waals surface area (Å²) in [5, 5.41) is 6.17. The predicted molar refractivity (Wildman–Crippen MR) is 175 cm³/mol. The van der Waals surface area contributed by atoms with Gasteiger partial charge in [-0.1, -0.05) is 115 Å². The third-order valence-electron chi connectivity index (χ3n) is 8.57. The lowest BCUT2D eigenvalue weighted by atomic mass is 10.0. The molecule has 0 bridgehead atoms. The highest BCUT2D eigenvalue weighted by atomic mass is 15.0. The average molecular weight is 536 g/mol. The summed E-state index contributed by atoms with van der Waals surface area (Å²) in [6.07, 6.45) is 2.01. The van der Waals surface area contributed by atoms with Crippen LogP contribution in [0.2, 0.25) is 0 Å². The van der Waals surface area contributed by atoms with Gasteiger partial charge in [-0.05, 0) is 46.8 Å². The van der Waals surface area contributed by atoms with Gasteiger partial charge in [0.15, 0.2) is 0 Å². The first-order chi connectivity index (χ1) is 20.8. The molecule has 0 unspecified atom stereocenters. The number of para-hydroxylation sites is 3. The number of imidazole rings is 1. The van der Waals surface area contributed by atoms with Gasteiger partial charge in [0.1, 0.15) is 5.65 Å². The van der Waals surface area contributed by atoms with Gasteiger partial charge < -0.3 is 4.57 Å². The van der Waals surface area contributed by atoms with Crippen LogP contribution in [0.3, 0.4) is 0 Å². The lowest BCUT2D eigenvalue weighted by Gasteiger charge is -2.11. The van der Waals surface area contributed by atoms with E-state index in [1.165, 1.54) is 60.3 Å². The van der Waals surface area contributed by atoms with Crippen molar-refractivity contribution in [3.8, 4) is 28.1 Å². The van der Waals surface area contributed by atoms with Crippen LogP contribution in [0.5, 0.6) is 0 Å². The number of aromatic nitrogens is 3. The number of fused-ring (bicyclic) bond motifs is 9. The van der Waals surface area contributed by atoms with Crippen molar-refractivity contribution in [2.45, 2.75) is 0 Å². The fraction of sp³-hybridized carbons (Fsp3) is 0. The highest BCUT2D eigenvalue weighted by Gasteiger charge is 2.15. The van der Waals surface area contributed by atoms with Crippen molar-refractivity contribution in [3.05, 3.63) is 152 Å². The van der Waals surface area contributed by atoms with Crippen molar-refractivity contribution in [2.24, 2.45) is 0 Å². The van der Waals surface area contributed by atoms with Gasteiger partial charge in [0, 0.05) is 32.8 Å². The Hall–Kier alpha value is -5.67. The molecule has 0 saturated carbocycles. The third-order valence-corrected chi connectivity index (χ3v) is 8.57. The summed E-state index contributed by atoms with van der Waals surface area (Å²) in [7, 11) is 0. The largest absolute Gasteiger partial charge is 0.309 e. The maximum Gasteiger partial charge on any atom is 0.145 e. The van der Waals surface area contributed by atoms with Crippen LogP contribution in [0.15, 0.2) is 152 Å². The first-order valence-electron chi connectivity index (χ1n) is 14.3. The quantitative estimate of drug-likeness (QED) is 0.206. The van der Waals surface area contributed by atoms with E-state index in [4.69, 9.17) is 4.98 Å². The third kappa shape index (κ3) is 3.31. The Morgan fingerprint density at radius 2 is 0.976 bits per heavy atom. The number of hydrogen-bond acceptors (Lipinski definition) is 1. The summed E-state index contributed by atoms with van der Waals surface area (Å²) in [5.74, 6) is 0. The molecule has 3 heterocycles. The molecular formula is C39H25N3. The molecule has 9 aromatic rings. The van der Waals surface area contributed by atoms with E-state index < -0.39 is 0 Å². The molecular weight excluding hydrogens is 510 g/mol. The Bertz CT molecular complexity index is 2450. The van der Waals surface area contributed by atoms with Crippen LogP contribution in [0, 0.1) is 0 Å². The number of hydrogen-bond donors (Lipinski definition) is 0. The van der Waals surface area contributed by atoms with Crippen molar-refractivity contribution < 1.29 is 0 Å². The van der Waals surface area contributed by atoms with Gasteiger partial charge in [-0.15, -0.1) is 0 Å². The van der Waals surface area contributed by atoms with Gasteiger partial charge in [-0.25, -0.2) is 4.98 Å². The molecule has 0 fully saturated rings. The number of benzene rings is 6. The van der Waals surface area contributed by atoms with Crippen LogP contribution < -0.4 is 0 Å². The molecule has 42 heavy (non-hydrogen) atoms. The van der Waals surface area contributed by atoms with Crippen LogP contribution in [-0.4, -0.2) is 14.0 Å². The second-order valence-electron chi connectivity index (χ2n) is 10.9. The zero-order chi connectivity index (χ0) is 27.6. The molecule has 6 aromatic carbocycles. The zero-order valence-corrected chi connectivity index (χ0v) is 22.8. The van der Waals surface area contributed by atoms with Crippen molar-refractivity contribution in [1.29, 1.82) is 0 Å². The van der Waals surface area contributed by atoms with Gasteiger partial charge in [0.25, 0.3) is 0 Å². The fourth-order valence-electron chi connectivity index (χ4n) is 6.64. The lowest BCUT2D eigenvalue weighted by molar-refractivity contribution is 1.18. The Labute approximate surface area is 242 Å². The van der Waals surface area contributed by atoms with Crippen molar-refractivity contribution in [1.82, 2.24) is 14.0 Å². The molecule has 0 aliphatic rings. The molecule has 196 valence electrons. The number of nitrogens with zero attached hydrogens (tertiary/aromatic N) is 3. The van der Waals surface area contributed by atoms with E-state index in [2.05, 4.69) is 155 Å². The van der Waals surface area contributed by atoms with Gasteiger partial charge >= 0.3 is 0 Å². The van der Waals surface area contributed by atoms with Gasteiger partial charge in [0.2, 0.25) is 0 Å². The number of rotatable bonds is 3. The van der Waals surface area contributed by atoms with Crippen LogP contribution in [0.4, 0.5) is 0 Å². The highest BCUT2D eigenvalue weighted by Crippen LogP contribution is 2.36. The second kappa shape index (κ2) is 8.92. The maximum absolute atomic E-state index is 4.91. The van der Waals surface area contributed by atoms with Crippen LogP contribution in [0.25, 0.3) is 77.2 Å². The van der Waals surface area contributed by atoms with E-state index in [0.717, 1.165) is 16.9 Å². The van der Waals surface area contributed by atoms with Gasteiger partial charge in [-0.3, -0.25) is 4.40 Å². The molecule has 0 amide bonds. The summed E-state index contributed by atoms with van der Waals surface area (Å²) in [6.45, 7) is 0. The lowest BCUT2D eigenvalue weighted by Crippen LogP contribution is -1.94. The standard InChI is InChI=1S/C39H25N3/c1-2-10-29(11-3-1)41-35-16-8-7-14-32(35)33-23-22-28(24-37(33)41)26-18-20-27(21-19-26)38-25-40-39-34-15-5-4-12-30(34)31-13-6-9-17-36(31)42(38)39/h1-25H. The minimum Gasteiger partial charge on any atom is -0.309 e. The average Bonchev–Trinajstić information content (AvgIpc) is 3.66. The molecule has 0 saturated heterocycles. The van der Waals surface area contributed by atoms with Gasteiger partial charge in [-0.2, -0.15) is 0 Å². The molecule has 0 aliphatic heterocycles. The van der Waals surface area contributed by atoms with Gasteiger partial charge in [0.05, 0.1) is 28.4 Å². The summed E-state index contributed by atoms with van der Waals surface area (Å²) >= 11 is 0. The summed E-state index contributed by atoms with van der Waals surface area (Å²) in [4.78, 5) is 4.91. The van der Waals surface area contributed by atoms with E-state index in [9.17, 15) is 0 Å². The van der Waals surface area contributed by atoms with E-state index >= 15 is 0 Å². The minimum atomic E-state index is 0.988. The zero-order valence-electron chi connectivity index (χ0n) is 22.8. The fourth-order valence-corrected chi connectivity index (χ4v) is 6.64. The van der Waals surface area contributed by atoms with E-state index in [0.29, 0.717) is 0 Å². The normalized spacial score (nSPS) is 11.8. The maximum atomic E-state index is 4.91. The van der Waals surface area contributed by atoms with Crippen molar-refractivity contribution in [2.75, 3.05) is 0 Å². The first-order valence-corrected chi connectivity index (χ1v) is 14.3. The van der Waals surface area contributed by atoms with Crippen LogP contribution in [0.1, 0.15) is 0 Å². The predicted octanol–water partition coefficient (Wildman–Crippen LogP) is 10.1.